The highest BCUT2D eigenvalue weighted by Crippen LogP contribution is 2.26. The minimum atomic E-state index is -3.55. The van der Waals surface area contributed by atoms with Gasteiger partial charge in [0.15, 0.2) is 0 Å². The second kappa shape index (κ2) is 7.48. The van der Waals surface area contributed by atoms with Crippen molar-refractivity contribution < 1.29 is 17.9 Å². The van der Waals surface area contributed by atoms with Crippen molar-refractivity contribution in [1.82, 2.24) is 8.61 Å². The van der Waals surface area contributed by atoms with Gasteiger partial charge in [-0.1, -0.05) is 15.9 Å². The summed E-state index contributed by atoms with van der Waals surface area (Å²) in [7, 11) is -0.388. The van der Waals surface area contributed by atoms with E-state index in [1.165, 1.54) is 8.61 Å². The zero-order valence-electron chi connectivity index (χ0n) is 13.8. The Labute approximate surface area is 146 Å². The summed E-state index contributed by atoms with van der Waals surface area (Å²) >= 11 is 3.41. The fourth-order valence-electron chi connectivity index (χ4n) is 2.71. The normalized spacial score (nSPS) is 23.2. The Balaban J connectivity index is 2.19. The minimum Gasteiger partial charge on any atom is -0.496 e. The molecule has 0 spiro atoms. The molecule has 1 aromatic rings. The highest BCUT2D eigenvalue weighted by molar-refractivity contribution is 9.10. The molecular formula is C15H23BrN2O4S. The van der Waals surface area contributed by atoms with Crippen molar-refractivity contribution in [2.75, 3.05) is 27.2 Å². The summed E-state index contributed by atoms with van der Waals surface area (Å²) in [6, 6.07) is 5.55. The minimum absolute atomic E-state index is 0.109. The number of ether oxygens (including phenoxy) is 2. The number of hydrogen-bond donors (Lipinski definition) is 0. The topological polar surface area (TPSA) is 59.1 Å². The summed E-state index contributed by atoms with van der Waals surface area (Å²) in [6.07, 6.45) is -0.218. The highest BCUT2D eigenvalue weighted by Gasteiger charge is 2.33. The van der Waals surface area contributed by atoms with Gasteiger partial charge in [0, 0.05) is 36.7 Å². The van der Waals surface area contributed by atoms with Crippen molar-refractivity contribution in [1.29, 1.82) is 0 Å². The molecule has 0 saturated carbocycles. The quantitative estimate of drug-likeness (QED) is 0.752. The number of halogens is 1. The standard InChI is InChI=1S/C15H23BrN2O4S/c1-11-8-18(9-12(2)22-11)23(19,20)17(3)10-13-7-14(16)5-6-15(13)21-4/h5-7,11-12H,8-10H2,1-4H3/t11-,12-/m0/s1. The van der Waals surface area contributed by atoms with Crippen LogP contribution in [0.5, 0.6) is 5.75 Å². The van der Waals surface area contributed by atoms with Crippen molar-refractivity contribution in [3.05, 3.63) is 28.2 Å². The van der Waals surface area contributed by atoms with Gasteiger partial charge in [0.2, 0.25) is 0 Å². The van der Waals surface area contributed by atoms with Crippen LogP contribution in [0.4, 0.5) is 0 Å². The lowest BCUT2D eigenvalue weighted by atomic mass is 10.2. The molecule has 0 amide bonds. The van der Waals surface area contributed by atoms with Crippen molar-refractivity contribution in [2.45, 2.75) is 32.6 Å². The van der Waals surface area contributed by atoms with Crippen molar-refractivity contribution in [3.63, 3.8) is 0 Å². The van der Waals surface area contributed by atoms with Gasteiger partial charge in [-0.3, -0.25) is 0 Å². The number of benzene rings is 1. The van der Waals surface area contributed by atoms with Gasteiger partial charge in [0.25, 0.3) is 10.2 Å². The van der Waals surface area contributed by atoms with Crippen LogP contribution >= 0.6 is 15.9 Å². The molecule has 0 unspecified atom stereocenters. The maximum Gasteiger partial charge on any atom is 0.282 e. The molecule has 2 rings (SSSR count). The van der Waals surface area contributed by atoms with E-state index in [1.807, 2.05) is 32.0 Å². The molecule has 1 aromatic carbocycles. The van der Waals surface area contributed by atoms with Crippen molar-refractivity contribution >= 4 is 26.1 Å². The third-order valence-electron chi connectivity index (χ3n) is 3.74. The van der Waals surface area contributed by atoms with E-state index < -0.39 is 10.2 Å². The lowest BCUT2D eigenvalue weighted by Crippen LogP contribution is -2.52. The summed E-state index contributed by atoms with van der Waals surface area (Å²) in [5, 5.41) is 0. The van der Waals surface area contributed by atoms with Crippen molar-refractivity contribution in [3.8, 4) is 5.75 Å². The molecule has 1 saturated heterocycles. The molecule has 1 aliphatic heterocycles. The van der Waals surface area contributed by atoms with E-state index in [9.17, 15) is 8.42 Å². The molecule has 2 atom stereocenters. The predicted octanol–water partition coefficient (Wildman–Crippen LogP) is 2.24. The van der Waals surface area contributed by atoms with Crippen LogP contribution in [-0.4, -0.2) is 56.5 Å². The molecule has 130 valence electrons. The Morgan fingerprint density at radius 1 is 1.35 bits per heavy atom. The van der Waals surface area contributed by atoms with Gasteiger partial charge in [0.1, 0.15) is 5.75 Å². The monoisotopic (exact) mass is 406 g/mol. The zero-order chi connectivity index (χ0) is 17.2. The Bertz CT molecular complexity index is 643. The summed E-state index contributed by atoms with van der Waals surface area (Å²) in [4.78, 5) is 0. The molecule has 0 bridgehead atoms. The molecule has 1 aliphatic rings. The Morgan fingerprint density at radius 2 is 1.96 bits per heavy atom. The lowest BCUT2D eigenvalue weighted by Gasteiger charge is -2.36. The van der Waals surface area contributed by atoms with Gasteiger partial charge in [-0.05, 0) is 32.0 Å². The Hall–Kier alpha value is -0.670. The number of methoxy groups -OCH3 is 1. The first-order chi connectivity index (χ1) is 10.7. The molecule has 23 heavy (non-hydrogen) atoms. The van der Waals surface area contributed by atoms with Crippen LogP contribution in [0.3, 0.4) is 0 Å². The van der Waals surface area contributed by atoms with Crippen LogP contribution in [0.25, 0.3) is 0 Å². The molecule has 0 N–H and O–H groups in total. The van der Waals surface area contributed by atoms with Crippen LogP contribution in [0, 0.1) is 0 Å². The molecule has 1 fully saturated rings. The third kappa shape index (κ3) is 4.45. The van der Waals surface area contributed by atoms with Crippen LogP contribution < -0.4 is 4.74 Å². The van der Waals surface area contributed by atoms with Gasteiger partial charge in [0.05, 0.1) is 19.3 Å². The average Bonchev–Trinajstić information content (AvgIpc) is 2.46. The molecule has 6 nitrogen and oxygen atoms in total. The lowest BCUT2D eigenvalue weighted by molar-refractivity contribution is -0.0453. The van der Waals surface area contributed by atoms with Crippen LogP contribution in [0.1, 0.15) is 19.4 Å². The number of hydrogen-bond acceptors (Lipinski definition) is 4. The zero-order valence-corrected chi connectivity index (χ0v) is 16.2. The SMILES string of the molecule is COc1ccc(Br)cc1CN(C)S(=O)(=O)N1C[C@H](C)O[C@@H](C)C1. The van der Waals surface area contributed by atoms with Gasteiger partial charge in [-0.15, -0.1) is 0 Å². The van der Waals surface area contributed by atoms with Crippen LogP contribution in [0.15, 0.2) is 22.7 Å². The second-order valence-corrected chi connectivity index (χ2v) is 8.75. The summed E-state index contributed by atoms with van der Waals surface area (Å²) in [6.45, 7) is 4.75. The highest BCUT2D eigenvalue weighted by atomic mass is 79.9. The first-order valence-electron chi connectivity index (χ1n) is 7.43. The average molecular weight is 407 g/mol. The molecular weight excluding hydrogens is 384 g/mol. The largest absolute Gasteiger partial charge is 0.496 e. The molecule has 1 heterocycles. The van der Waals surface area contributed by atoms with E-state index >= 15 is 0 Å². The van der Waals surface area contributed by atoms with E-state index in [0.29, 0.717) is 18.8 Å². The van der Waals surface area contributed by atoms with E-state index in [2.05, 4.69) is 15.9 Å². The predicted molar refractivity (Wildman–Crippen MR) is 92.7 cm³/mol. The number of nitrogens with zero attached hydrogens (tertiary/aromatic N) is 2. The summed E-state index contributed by atoms with van der Waals surface area (Å²) in [5.41, 5.74) is 0.808. The van der Waals surface area contributed by atoms with Crippen molar-refractivity contribution in [2.24, 2.45) is 0 Å². The first-order valence-corrected chi connectivity index (χ1v) is 9.62. The van der Waals surface area contributed by atoms with Crippen LogP contribution in [0.2, 0.25) is 0 Å². The maximum absolute atomic E-state index is 12.8. The van der Waals surface area contributed by atoms with Gasteiger partial charge in [-0.2, -0.15) is 17.0 Å². The number of morpholine rings is 1. The fraction of sp³-hybridized carbons (Fsp3) is 0.600. The van der Waals surface area contributed by atoms with E-state index in [1.54, 1.807) is 14.2 Å². The number of rotatable bonds is 5. The molecule has 0 aromatic heterocycles. The molecule has 8 heteroatoms. The second-order valence-electron chi connectivity index (χ2n) is 5.79. The van der Waals surface area contributed by atoms with Crippen LogP contribution in [-0.2, 0) is 21.5 Å². The van der Waals surface area contributed by atoms with Gasteiger partial charge >= 0.3 is 0 Å². The Morgan fingerprint density at radius 3 is 2.52 bits per heavy atom. The molecule has 0 aliphatic carbocycles. The van der Waals surface area contributed by atoms with Gasteiger partial charge in [-0.25, -0.2) is 0 Å². The first kappa shape index (κ1) is 18.7. The summed E-state index contributed by atoms with van der Waals surface area (Å²) in [5.74, 6) is 0.666. The fourth-order valence-corrected chi connectivity index (χ4v) is 4.61. The van der Waals surface area contributed by atoms with E-state index in [4.69, 9.17) is 9.47 Å². The summed E-state index contributed by atoms with van der Waals surface area (Å²) < 4.78 is 40.3. The van der Waals surface area contributed by atoms with Gasteiger partial charge < -0.3 is 9.47 Å². The smallest absolute Gasteiger partial charge is 0.282 e. The Kier molecular flexibility index (Phi) is 6.07. The molecule has 0 radical (unpaired) electrons. The van der Waals surface area contributed by atoms with E-state index in [-0.39, 0.29) is 18.8 Å². The third-order valence-corrected chi connectivity index (χ3v) is 6.10. The van der Waals surface area contributed by atoms with E-state index in [0.717, 1.165) is 10.0 Å². The maximum atomic E-state index is 12.8.